The fourth-order valence-electron chi connectivity index (χ4n) is 3.97. The molecule has 1 atom stereocenters. The van der Waals surface area contributed by atoms with Crippen LogP contribution in [0.1, 0.15) is 32.6 Å². The van der Waals surface area contributed by atoms with Crippen LogP contribution in [0.2, 0.25) is 0 Å². The van der Waals surface area contributed by atoms with Crippen LogP contribution in [0.5, 0.6) is 0 Å². The molecule has 2 fully saturated rings. The van der Waals surface area contributed by atoms with Crippen LogP contribution in [-0.4, -0.2) is 58.2 Å². The van der Waals surface area contributed by atoms with Crippen molar-refractivity contribution in [1.82, 2.24) is 14.9 Å². The van der Waals surface area contributed by atoms with Gasteiger partial charge in [0, 0.05) is 25.8 Å². The molecular weight excluding hydrogens is 294 g/mol. The fraction of sp³-hybridized carbons (Fsp3) is 0.688. The quantitative estimate of drug-likeness (QED) is 0.861. The smallest absolute Gasteiger partial charge is 0.320 e. The first kappa shape index (κ1) is 16.0. The summed E-state index contributed by atoms with van der Waals surface area (Å²) in [6, 6.07) is 1.36. The summed E-state index contributed by atoms with van der Waals surface area (Å²) >= 11 is 0. The molecule has 1 spiro atoms. The predicted octanol–water partition coefficient (Wildman–Crippen LogP) is 1.21. The number of carboxylic acid groups (broad SMARTS) is 1. The van der Waals surface area contributed by atoms with Crippen molar-refractivity contribution in [2.24, 2.45) is 5.41 Å². The maximum absolute atomic E-state index is 11.6. The molecule has 0 bridgehead atoms. The van der Waals surface area contributed by atoms with Crippen LogP contribution in [0.3, 0.4) is 0 Å². The van der Waals surface area contributed by atoms with E-state index >= 15 is 0 Å². The Morgan fingerprint density at radius 2 is 2.22 bits per heavy atom. The van der Waals surface area contributed by atoms with E-state index in [1.807, 2.05) is 0 Å². The topological polar surface area (TPSA) is 95.6 Å². The molecule has 3 rings (SSSR count). The second-order valence-corrected chi connectivity index (χ2v) is 6.80. The third-order valence-electron chi connectivity index (χ3n) is 5.17. The summed E-state index contributed by atoms with van der Waals surface area (Å²) in [5.74, 6) is 0.478. The Balaban J connectivity index is 1.67. The molecule has 0 aliphatic carbocycles. The standard InChI is InChI=1S/C16H25N5O2/c1-2-7-21-11-16(10-12(21)14(22)23)4-8-20(9-5-16)15-18-6-3-13(17)19-15/h3,6,12H,2,4-5,7-11H2,1H3,(H,22,23)(H2,17,18,19). The molecule has 3 heterocycles. The van der Waals surface area contributed by atoms with E-state index in [9.17, 15) is 9.90 Å². The maximum atomic E-state index is 11.6. The summed E-state index contributed by atoms with van der Waals surface area (Å²) < 4.78 is 0. The summed E-state index contributed by atoms with van der Waals surface area (Å²) in [5.41, 5.74) is 5.85. The molecule has 7 nitrogen and oxygen atoms in total. The Morgan fingerprint density at radius 1 is 1.48 bits per heavy atom. The van der Waals surface area contributed by atoms with Crippen molar-refractivity contribution in [2.75, 3.05) is 36.8 Å². The van der Waals surface area contributed by atoms with Gasteiger partial charge >= 0.3 is 5.97 Å². The molecule has 23 heavy (non-hydrogen) atoms. The van der Waals surface area contributed by atoms with E-state index in [-0.39, 0.29) is 11.5 Å². The molecule has 0 saturated carbocycles. The Bertz CT molecular complexity index is 571. The van der Waals surface area contributed by atoms with Crippen LogP contribution in [-0.2, 0) is 4.79 Å². The first-order valence-corrected chi connectivity index (χ1v) is 8.33. The third-order valence-corrected chi connectivity index (χ3v) is 5.17. The van der Waals surface area contributed by atoms with Gasteiger partial charge in [0.15, 0.2) is 0 Å². The Hall–Kier alpha value is -1.89. The number of nitrogens with two attached hydrogens (primary N) is 1. The van der Waals surface area contributed by atoms with Crippen LogP contribution in [0.4, 0.5) is 11.8 Å². The van der Waals surface area contributed by atoms with Crippen LogP contribution in [0.15, 0.2) is 12.3 Å². The highest BCUT2D eigenvalue weighted by atomic mass is 16.4. The molecule has 2 aliphatic rings. The highest BCUT2D eigenvalue weighted by molar-refractivity contribution is 5.74. The number of nitrogens with zero attached hydrogens (tertiary/aromatic N) is 4. The summed E-state index contributed by atoms with van der Waals surface area (Å²) in [7, 11) is 0. The predicted molar refractivity (Wildman–Crippen MR) is 88.2 cm³/mol. The molecule has 1 aromatic heterocycles. The summed E-state index contributed by atoms with van der Waals surface area (Å²) in [6.07, 6.45) is 5.39. The van der Waals surface area contributed by atoms with Crippen LogP contribution in [0.25, 0.3) is 0 Å². The number of carbonyl (C=O) groups is 1. The zero-order valence-electron chi connectivity index (χ0n) is 13.6. The van der Waals surface area contributed by atoms with Gasteiger partial charge in [0.2, 0.25) is 5.95 Å². The molecule has 0 aromatic carbocycles. The number of aromatic nitrogens is 2. The number of rotatable bonds is 4. The zero-order chi connectivity index (χ0) is 16.4. The molecule has 7 heteroatoms. The highest BCUT2D eigenvalue weighted by Crippen LogP contribution is 2.43. The fourth-order valence-corrected chi connectivity index (χ4v) is 3.97. The largest absolute Gasteiger partial charge is 0.480 e. The molecule has 1 aromatic rings. The van der Waals surface area contributed by atoms with E-state index in [2.05, 4.69) is 26.7 Å². The van der Waals surface area contributed by atoms with Crippen LogP contribution in [0, 0.1) is 5.41 Å². The number of aliphatic carboxylic acids is 1. The van der Waals surface area contributed by atoms with E-state index < -0.39 is 5.97 Å². The normalized spacial score (nSPS) is 24.2. The second kappa shape index (κ2) is 6.31. The number of likely N-dealkylation sites (tertiary alicyclic amines) is 1. The van der Waals surface area contributed by atoms with Gasteiger partial charge < -0.3 is 15.7 Å². The van der Waals surface area contributed by atoms with E-state index in [0.29, 0.717) is 11.8 Å². The van der Waals surface area contributed by atoms with Crippen molar-refractivity contribution >= 4 is 17.7 Å². The van der Waals surface area contributed by atoms with Crippen molar-refractivity contribution < 1.29 is 9.90 Å². The monoisotopic (exact) mass is 319 g/mol. The SMILES string of the molecule is CCCN1CC2(CCN(c3nccc(N)n3)CC2)CC1C(=O)O. The second-order valence-electron chi connectivity index (χ2n) is 6.80. The number of carboxylic acids is 1. The third kappa shape index (κ3) is 3.24. The zero-order valence-corrected chi connectivity index (χ0v) is 13.6. The molecule has 126 valence electrons. The average molecular weight is 319 g/mol. The molecule has 1 unspecified atom stereocenters. The minimum absolute atomic E-state index is 0.120. The van der Waals surface area contributed by atoms with Crippen molar-refractivity contribution in [2.45, 2.75) is 38.6 Å². The van der Waals surface area contributed by atoms with Gasteiger partial charge in [0.05, 0.1) is 0 Å². The van der Waals surface area contributed by atoms with Gasteiger partial charge in [-0.3, -0.25) is 9.69 Å². The molecule has 0 radical (unpaired) electrons. The molecule has 0 amide bonds. The lowest BCUT2D eigenvalue weighted by atomic mass is 9.76. The summed E-state index contributed by atoms with van der Waals surface area (Å²) in [5, 5.41) is 9.50. The first-order valence-electron chi connectivity index (χ1n) is 8.33. The number of anilines is 2. The lowest BCUT2D eigenvalue weighted by molar-refractivity contribution is -0.142. The van der Waals surface area contributed by atoms with Crippen LogP contribution >= 0.6 is 0 Å². The van der Waals surface area contributed by atoms with Gasteiger partial charge in [-0.1, -0.05) is 6.92 Å². The van der Waals surface area contributed by atoms with Gasteiger partial charge in [-0.15, -0.1) is 0 Å². The minimum atomic E-state index is -0.683. The Kier molecular flexibility index (Phi) is 4.39. The first-order chi connectivity index (χ1) is 11.0. The lowest BCUT2D eigenvalue weighted by Gasteiger charge is -2.39. The molecule has 3 N–H and O–H groups in total. The van der Waals surface area contributed by atoms with Crippen molar-refractivity contribution in [3.63, 3.8) is 0 Å². The van der Waals surface area contributed by atoms with Crippen LogP contribution < -0.4 is 10.6 Å². The number of nitrogen functional groups attached to an aromatic ring is 1. The van der Waals surface area contributed by atoms with E-state index in [0.717, 1.165) is 51.9 Å². The number of hydrogen-bond acceptors (Lipinski definition) is 6. The molecule has 2 aliphatic heterocycles. The maximum Gasteiger partial charge on any atom is 0.320 e. The number of piperidine rings is 1. The Labute approximate surface area is 136 Å². The van der Waals surface area contributed by atoms with Gasteiger partial charge in [-0.25, -0.2) is 4.98 Å². The average Bonchev–Trinajstić information content (AvgIpc) is 2.87. The van der Waals surface area contributed by atoms with E-state index in [1.54, 1.807) is 12.3 Å². The van der Waals surface area contributed by atoms with E-state index in [4.69, 9.17) is 5.73 Å². The lowest BCUT2D eigenvalue weighted by Crippen LogP contribution is -2.42. The van der Waals surface area contributed by atoms with Crippen molar-refractivity contribution in [3.8, 4) is 0 Å². The highest BCUT2D eigenvalue weighted by Gasteiger charge is 2.47. The summed E-state index contributed by atoms with van der Waals surface area (Å²) in [4.78, 5) is 24.4. The van der Waals surface area contributed by atoms with Gasteiger partial charge in [-0.2, -0.15) is 4.98 Å². The molecule has 2 saturated heterocycles. The minimum Gasteiger partial charge on any atom is -0.480 e. The Morgan fingerprint density at radius 3 is 2.83 bits per heavy atom. The van der Waals surface area contributed by atoms with Crippen molar-refractivity contribution in [1.29, 1.82) is 0 Å². The van der Waals surface area contributed by atoms with Crippen molar-refractivity contribution in [3.05, 3.63) is 12.3 Å². The van der Waals surface area contributed by atoms with E-state index in [1.165, 1.54) is 0 Å². The van der Waals surface area contributed by atoms with Gasteiger partial charge in [0.1, 0.15) is 11.9 Å². The summed E-state index contributed by atoms with van der Waals surface area (Å²) in [6.45, 7) is 5.57. The molecular formula is C16H25N5O2. The van der Waals surface area contributed by atoms with Gasteiger partial charge in [0.25, 0.3) is 0 Å². The number of hydrogen-bond donors (Lipinski definition) is 2. The van der Waals surface area contributed by atoms with Gasteiger partial charge in [-0.05, 0) is 43.7 Å².